The first kappa shape index (κ1) is 15.4. The van der Waals surface area contributed by atoms with E-state index in [9.17, 15) is 4.79 Å². The number of benzene rings is 1. The molecule has 0 aliphatic rings. The van der Waals surface area contributed by atoms with Crippen molar-refractivity contribution in [3.05, 3.63) is 56.9 Å². The van der Waals surface area contributed by atoms with Gasteiger partial charge in [-0.3, -0.25) is 4.79 Å². The van der Waals surface area contributed by atoms with Crippen molar-refractivity contribution in [1.82, 2.24) is 0 Å². The van der Waals surface area contributed by atoms with E-state index in [0.29, 0.717) is 15.6 Å². The summed E-state index contributed by atoms with van der Waals surface area (Å²) in [7, 11) is 0. The molecular weight excluding hydrogens is 289 g/mol. The van der Waals surface area contributed by atoms with E-state index in [4.69, 9.17) is 33.5 Å². The molecule has 0 radical (unpaired) electrons. The minimum absolute atomic E-state index is 0.0340. The Morgan fingerprint density at radius 2 is 2.26 bits per heavy atom. The van der Waals surface area contributed by atoms with Gasteiger partial charge in [0.1, 0.15) is 6.61 Å². The minimum Gasteiger partial charge on any atom is -0.465 e. The van der Waals surface area contributed by atoms with E-state index in [2.05, 4.69) is 16.6 Å². The Morgan fingerprint density at radius 1 is 1.53 bits per heavy atom. The lowest BCUT2D eigenvalue weighted by Gasteiger charge is -2.08. The van der Waals surface area contributed by atoms with Crippen LogP contribution in [0.4, 0.5) is 0 Å². The zero-order chi connectivity index (χ0) is 14.3. The lowest BCUT2D eigenvalue weighted by molar-refractivity contribution is -0.143. The highest BCUT2D eigenvalue weighted by Crippen LogP contribution is 2.22. The van der Waals surface area contributed by atoms with Crippen LogP contribution in [0.3, 0.4) is 0 Å². The Morgan fingerprint density at radius 3 is 2.84 bits per heavy atom. The zero-order valence-corrected chi connectivity index (χ0v) is 11.4. The molecule has 1 aromatic carbocycles. The molecule has 1 rings (SSSR count). The molecule has 19 heavy (non-hydrogen) atoms. The average molecular weight is 300 g/mol. The van der Waals surface area contributed by atoms with E-state index in [-0.39, 0.29) is 13.0 Å². The maximum Gasteiger partial charge on any atom is 0.310 e. The second-order valence-corrected chi connectivity index (χ2v) is 4.43. The quantitative estimate of drug-likeness (QED) is 0.262. The first-order chi connectivity index (χ1) is 9.06. The van der Waals surface area contributed by atoms with Crippen molar-refractivity contribution in [1.29, 1.82) is 0 Å². The molecule has 1 unspecified atom stereocenters. The molecule has 0 bridgehead atoms. The fraction of sp³-hybridized carbons (Fsp3) is 0.250. The summed E-state index contributed by atoms with van der Waals surface area (Å²) in [5.41, 5.74) is 8.96. The van der Waals surface area contributed by atoms with Crippen LogP contribution in [-0.2, 0) is 16.0 Å². The zero-order valence-electron chi connectivity index (χ0n) is 9.92. The highest BCUT2D eigenvalue weighted by atomic mass is 35.5. The van der Waals surface area contributed by atoms with Crippen molar-refractivity contribution >= 4 is 29.2 Å². The summed E-state index contributed by atoms with van der Waals surface area (Å²) in [6.45, 7) is 3.44. The van der Waals surface area contributed by atoms with Crippen LogP contribution in [0.2, 0.25) is 10.0 Å². The van der Waals surface area contributed by atoms with Crippen molar-refractivity contribution in [2.24, 2.45) is 5.11 Å². The molecule has 5 nitrogen and oxygen atoms in total. The average Bonchev–Trinajstić information content (AvgIpc) is 2.39. The molecule has 0 aliphatic heterocycles. The molecule has 0 aromatic heterocycles. The molecule has 0 saturated heterocycles. The third-order valence-electron chi connectivity index (χ3n) is 2.22. The van der Waals surface area contributed by atoms with Crippen molar-refractivity contribution < 1.29 is 9.53 Å². The van der Waals surface area contributed by atoms with Crippen molar-refractivity contribution in [3.8, 4) is 0 Å². The van der Waals surface area contributed by atoms with Crippen LogP contribution in [-0.4, -0.2) is 18.6 Å². The van der Waals surface area contributed by atoms with E-state index >= 15 is 0 Å². The predicted molar refractivity (Wildman–Crippen MR) is 74.3 cm³/mol. The van der Waals surface area contributed by atoms with Gasteiger partial charge in [0.05, 0.1) is 22.5 Å². The molecular formula is C12H11Cl2N3O2. The van der Waals surface area contributed by atoms with Crippen LogP contribution >= 0.6 is 23.2 Å². The SMILES string of the molecule is C=CC(COC(=O)Cc1ccc(Cl)c(Cl)c1)N=[N+]=[N-]. The number of ether oxygens (including phenoxy) is 1. The predicted octanol–water partition coefficient (Wildman–Crippen LogP) is 3.94. The van der Waals surface area contributed by atoms with Crippen molar-refractivity contribution in [2.45, 2.75) is 12.5 Å². The van der Waals surface area contributed by atoms with Gasteiger partial charge < -0.3 is 4.74 Å². The minimum atomic E-state index is -0.567. The third kappa shape index (κ3) is 5.22. The summed E-state index contributed by atoms with van der Waals surface area (Å²) in [5.74, 6) is -0.446. The third-order valence-corrected chi connectivity index (χ3v) is 2.96. The van der Waals surface area contributed by atoms with Gasteiger partial charge in [-0.15, -0.1) is 6.58 Å². The molecule has 0 aliphatic carbocycles. The van der Waals surface area contributed by atoms with Crippen molar-refractivity contribution in [3.63, 3.8) is 0 Å². The van der Waals surface area contributed by atoms with E-state index in [1.54, 1.807) is 18.2 Å². The molecule has 1 aromatic rings. The van der Waals surface area contributed by atoms with Gasteiger partial charge in [0.15, 0.2) is 0 Å². The molecule has 0 heterocycles. The Balaban J connectivity index is 2.53. The molecule has 7 heteroatoms. The summed E-state index contributed by atoms with van der Waals surface area (Å²) in [5, 5.41) is 4.20. The van der Waals surface area contributed by atoms with Crippen LogP contribution in [0.15, 0.2) is 36.0 Å². The first-order valence-corrected chi connectivity index (χ1v) is 6.08. The van der Waals surface area contributed by atoms with Gasteiger partial charge in [0, 0.05) is 4.91 Å². The molecule has 0 amide bonds. The van der Waals surface area contributed by atoms with Crippen LogP contribution in [0, 0.1) is 0 Å². The number of halogens is 2. The molecule has 1 atom stereocenters. The lowest BCUT2D eigenvalue weighted by atomic mass is 10.1. The number of nitrogens with zero attached hydrogens (tertiary/aromatic N) is 3. The summed E-state index contributed by atoms with van der Waals surface area (Å²) in [4.78, 5) is 14.2. The summed E-state index contributed by atoms with van der Waals surface area (Å²) < 4.78 is 4.97. The van der Waals surface area contributed by atoms with E-state index < -0.39 is 12.0 Å². The smallest absolute Gasteiger partial charge is 0.310 e. The Kier molecular flexibility index (Phi) is 6.22. The molecule has 0 N–H and O–H groups in total. The number of hydrogen-bond donors (Lipinski definition) is 0. The topological polar surface area (TPSA) is 75.1 Å². The Hall–Kier alpha value is -1.68. The molecule has 100 valence electrons. The number of rotatable bonds is 6. The second kappa shape index (κ2) is 7.69. The standard InChI is InChI=1S/C12H11Cl2N3O2/c1-2-9(16-17-15)7-19-12(18)6-8-3-4-10(13)11(14)5-8/h2-5,9H,1,6-7H2. The van der Waals surface area contributed by atoms with Gasteiger partial charge in [-0.2, -0.15) is 0 Å². The van der Waals surface area contributed by atoms with Crippen LogP contribution in [0.25, 0.3) is 10.4 Å². The number of esters is 1. The first-order valence-electron chi connectivity index (χ1n) is 5.33. The molecule has 0 saturated carbocycles. The Labute approximate surface area is 120 Å². The molecule has 0 fully saturated rings. The van der Waals surface area contributed by atoms with Crippen LogP contribution in [0.5, 0.6) is 0 Å². The maximum atomic E-state index is 11.6. The van der Waals surface area contributed by atoms with E-state index in [1.807, 2.05) is 0 Å². The number of carbonyl (C=O) groups excluding carboxylic acids is 1. The van der Waals surface area contributed by atoms with E-state index in [1.165, 1.54) is 6.08 Å². The highest BCUT2D eigenvalue weighted by Gasteiger charge is 2.09. The molecule has 0 spiro atoms. The fourth-order valence-corrected chi connectivity index (χ4v) is 1.58. The number of hydrogen-bond acceptors (Lipinski definition) is 3. The lowest BCUT2D eigenvalue weighted by Crippen LogP contribution is -2.16. The fourth-order valence-electron chi connectivity index (χ4n) is 1.26. The number of azide groups is 1. The largest absolute Gasteiger partial charge is 0.465 e. The summed E-state index contributed by atoms with van der Waals surface area (Å²) >= 11 is 11.6. The van der Waals surface area contributed by atoms with E-state index in [0.717, 1.165) is 0 Å². The highest BCUT2D eigenvalue weighted by molar-refractivity contribution is 6.42. The van der Waals surface area contributed by atoms with Gasteiger partial charge in [-0.05, 0) is 23.2 Å². The van der Waals surface area contributed by atoms with Gasteiger partial charge >= 0.3 is 5.97 Å². The van der Waals surface area contributed by atoms with Gasteiger partial charge in [-0.25, -0.2) is 0 Å². The summed E-state index contributed by atoms with van der Waals surface area (Å²) in [6.07, 6.45) is 1.48. The van der Waals surface area contributed by atoms with Crippen LogP contribution < -0.4 is 0 Å². The number of carbonyl (C=O) groups is 1. The summed E-state index contributed by atoms with van der Waals surface area (Å²) in [6, 6.07) is 4.33. The van der Waals surface area contributed by atoms with Crippen molar-refractivity contribution in [2.75, 3.05) is 6.61 Å². The monoisotopic (exact) mass is 299 g/mol. The maximum absolute atomic E-state index is 11.6. The Bertz CT molecular complexity index is 528. The normalized spacial score (nSPS) is 11.3. The second-order valence-electron chi connectivity index (χ2n) is 3.62. The van der Waals surface area contributed by atoms with Gasteiger partial charge in [0.25, 0.3) is 0 Å². The van der Waals surface area contributed by atoms with Gasteiger partial charge in [-0.1, -0.05) is 40.5 Å². The van der Waals surface area contributed by atoms with Crippen LogP contribution in [0.1, 0.15) is 5.56 Å². The van der Waals surface area contributed by atoms with Gasteiger partial charge in [0.2, 0.25) is 0 Å².